The third kappa shape index (κ3) is 6.08. The van der Waals surface area contributed by atoms with Crippen molar-refractivity contribution in [2.75, 3.05) is 6.61 Å². The lowest BCUT2D eigenvalue weighted by Gasteiger charge is -2.08. The second kappa shape index (κ2) is 8.34. The molecule has 1 amide bonds. The molecule has 0 radical (unpaired) electrons. The number of carbonyl (C=O) groups excluding carboxylic acids is 1. The molecule has 102 valence electrons. The normalized spacial score (nSPS) is 9.89. The van der Waals surface area contributed by atoms with E-state index in [9.17, 15) is 4.79 Å². The van der Waals surface area contributed by atoms with Crippen LogP contribution in [-0.2, 0) is 11.3 Å². The molecule has 0 aromatic heterocycles. The number of amides is 1. The van der Waals surface area contributed by atoms with Gasteiger partial charge in [0.2, 0.25) is 5.91 Å². The van der Waals surface area contributed by atoms with Crippen LogP contribution >= 0.6 is 0 Å². The van der Waals surface area contributed by atoms with Crippen molar-refractivity contribution in [1.82, 2.24) is 5.32 Å². The third-order valence-electron chi connectivity index (χ3n) is 2.55. The fourth-order valence-electron chi connectivity index (χ4n) is 1.65. The van der Waals surface area contributed by atoms with Crippen LogP contribution in [-0.4, -0.2) is 17.6 Å². The highest BCUT2D eigenvalue weighted by atomic mass is 16.2. The monoisotopic (exact) mass is 259 g/mol. The van der Waals surface area contributed by atoms with Gasteiger partial charge >= 0.3 is 0 Å². The maximum Gasteiger partial charge on any atom is 0.220 e. The summed E-state index contributed by atoms with van der Waals surface area (Å²) in [7, 11) is 0. The lowest BCUT2D eigenvalue weighted by Crippen LogP contribution is -2.24. The van der Waals surface area contributed by atoms with Gasteiger partial charge in [0.15, 0.2) is 0 Å². The fraction of sp³-hybridized carbons (Fsp3) is 0.438. The molecule has 2 N–H and O–H groups in total. The maximum atomic E-state index is 11.6. The van der Waals surface area contributed by atoms with Gasteiger partial charge in [-0.25, -0.2) is 0 Å². The minimum Gasteiger partial charge on any atom is -0.395 e. The summed E-state index contributed by atoms with van der Waals surface area (Å²) in [5.41, 5.74) is 1.91. The number of aliphatic hydroxyl groups excluding tert-OH is 1. The predicted octanol–water partition coefficient (Wildman–Crippen LogP) is 2.08. The van der Waals surface area contributed by atoms with Gasteiger partial charge in [-0.2, -0.15) is 0 Å². The summed E-state index contributed by atoms with van der Waals surface area (Å²) < 4.78 is 0. The number of nitrogens with one attached hydrogen (secondary N) is 1. The van der Waals surface area contributed by atoms with Gasteiger partial charge in [0.25, 0.3) is 0 Å². The molecule has 0 aliphatic carbocycles. The molecular formula is C16H21NO2. The SMILES string of the molecule is CC(C)CC(=O)NCc1ccccc1C#CCCO. The van der Waals surface area contributed by atoms with Crippen molar-refractivity contribution in [1.29, 1.82) is 0 Å². The van der Waals surface area contributed by atoms with E-state index in [0.29, 0.717) is 25.3 Å². The third-order valence-corrected chi connectivity index (χ3v) is 2.55. The Kier molecular flexibility index (Phi) is 6.70. The number of hydrogen-bond acceptors (Lipinski definition) is 2. The molecule has 0 bridgehead atoms. The molecule has 1 rings (SSSR count). The van der Waals surface area contributed by atoms with Crippen LogP contribution in [0.25, 0.3) is 0 Å². The van der Waals surface area contributed by atoms with E-state index < -0.39 is 0 Å². The summed E-state index contributed by atoms with van der Waals surface area (Å²) in [6.07, 6.45) is 1.01. The largest absolute Gasteiger partial charge is 0.395 e. The molecule has 0 spiro atoms. The van der Waals surface area contributed by atoms with E-state index in [-0.39, 0.29) is 12.5 Å². The molecule has 3 heteroatoms. The summed E-state index contributed by atoms with van der Waals surface area (Å²) in [6.45, 7) is 4.61. The van der Waals surface area contributed by atoms with Crippen molar-refractivity contribution < 1.29 is 9.90 Å². The van der Waals surface area contributed by atoms with Gasteiger partial charge < -0.3 is 10.4 Å². The minimum absolute atomic E-state index is 0.0631. The zero-order valence-corrected chi connectivity index (χ0v) is 11.6. The molecule has 1 aromatic rings. The van der Waals surface area contributed by atoms with E-state index in [4.69, 9.17) is 5.11 Å². The molecule has 0 saturated carbocycles. The molecule has 0 unspecified atom stereocenters. The van der Waals surface area contributed by atoms with Crippen LogP contribution in [0.15, 0.2) is 24.3 Å². The summed E-state index contributed by atoms with van der Waals surface area (Å²) in [6, 6.07) is 7.73. The zero-order valence-electron chi connectivity index (χ0n) is 11.6. The van der Waals surface area contributed by atoms with Crippen LogP contribution in [0, 0.1) is 17.8 Å². The van der Waals surface area contributed by atoms with Gasteiger partial charge in [-0.3, -0.25) is 4.79 Å². The topological polar surface area (TPSA) is 49.3 Å². The van der Waals surface area contributed by atoms with Gasteiger partial charge in [-0.05, 0) is 17.5 Å². The summed E-state index contributed by atoms with van der Waals surface area (Å²) in [4.78, 5) is 11.6. The highest BCUT2D eigenvalue weighted by Crippen LogP contribution is 2.07. The minimum atomic E-state index is 0.0631. The first-order chi connectivity index (χ1) is 9.13. The van der Waals surface area contributed by atoms with E-state index in [2.05, 4.69) is 17.2 Å². The zero-order chi connectivity index (χ0) is 14.1. The van der Waals surface area contributed by atoms with Crippen molar-refractivity contribution in [3.63, 3.8) is 0 Å². The predicted molar refractivity (Wildman–Crippen MR) is 76.3 cm³/mol. The number of rotatable bonds is 5. The van der Waals surface area contributed by atoms with Gasteiger partial charge in [0, 0.05) is 24.9 Å². The standard InChI is InChI=1S/C16H21NO2/c1-13(2)11-16(19)17-12-15-9-4-3-7-14(15)8-5-6-10-18/h3-4,7,9,13,18H,6,10-12H2,1-2H3,(H,17,19). The number of benzene rings is 1. The highest BCUT2D eigenvalue weighted by Gasteiger charge is 2.05. The first kappa shape index (κ1) is 15.3. The fourth-order valence-corrected chi connectivity index (χ4v) is 1.65. The van der Waals surface area contributed by atoms with Gasteiger partial charge in [0.05, 0.1) is 6.61 Å². The number of hydrogen-bond donors (Lipinski definition) is 2. The number of aliphatic hydroxyl groups is 1. The Bertz CT molecular complexity index is 469. The van der Waals surface area contributed by atoms with Crippen LogP contribution in [0.4, 0.5) is 0 Å². The lowest BCUT2D eigenvalue weighted by molar-refractivity contribution is -0.121. The Hall–Kier alpha value is -1.79. The van der Waals surface area contributed by atoms with Crippen LogP contribution in [0.3, 0.4) is 0 Å². The first-order valence-electron chi connectivity index (χ1n) is 6.57. The maximum absolute atomic E-state index is 11.6. The quantitative estimate of drug-likeness (QED) is 0.795. The second-order valence-electron chi connectivity index (χ2n) is 4.81. The van der Waals surface area contributed by atoms with Gasteiger partial charge in [-0.15, -0.1) is 0 Å². The Morgan fingerprint density at radius 3 is 2.79 bits per heavy atom. The molecule has 0 aliphatic rings. The van der Waals surface area contributed by atoms with Gasteiger partial charge in [0.1, 0.15) is 0 Å². The molecule has 0 atom stereocenters. The van der Waals surface area contributed by atoms with Crippen molar-refractivity contribution in [3.05, 3.63) is 35.4 Å². The average Bonchev–Trinajstić information content (AvgIpc) is 2.37. The molecule has 3 nitrogen and oxygen atoms in total. The average molecular weight is 259 g/mol. The van der Waals surface area contributed by atoms with Crippen molar-refractivity contribution in [3.8, 4) is 11.8 Å². The Morgan fingerprint density at radius 2 is 2.11 bits per heavy atom. The number of carbonyl (C=O) groups is 1. The Labute approximate surface area is 115 Å². The summed E-state index contributed by atoms with van der Waals surface area (Å²) in [5, 5.41) is 11.6. The highest BCUT2D eigenvalue weighted by molar-refractivity contribution is 5.76. The molecule has 0 heterocycles. The van der Waals surface area contributed by atoms with E-state index in [1.54, 1.807) is 0 Å². The second-order valence-corrected chi connectivity index (χ2v) is 4.81. The van der Waals surface area contributed by atoms with Crippen molar-refractivity contribution >= 4 is 5.91 Å². The van der Waals surface area contributed by atoms with Crippen molar-refractivity contribution in [2.24, 2.45) is 5.92 Å². The molecule has 0 saturated heterocycles. The Morgan fingerprint density at radius 1 is 1.37 bits per heavy atom. The lowest BCUT2D eigenvalue weighted by atomic mass is 10.1. The smallest absolute Gasteiger partial charge is 0.220 e. The van der Waals surface area contributed by atoms with Crippen molar-refractivity contribution in [2.45, 2.75) is 33.2 Å². The van der Waals surface area contributed by atoms with E-state index in [1.807, 2.05) is 38.1 Å². The van der Waals surface area contributed by atoms with E-state index in [0.717, 1.165) is 11.1 Å². The van der Waals surface area contributed by atoms with Crippen LogP contribution in [0.2, 0.25) is 0 Å². The van der Waals surface area contributed by atoms with E-state index >= 15 is 0 Å². The molecular weight excluding hydrogens is 238 g/mol. The first-order valence-corrected chi connectivity index (χ1v) is 6.57. The summed E-state index contributed by atoms with van der Waals surface area (Å²) >= 11 is 0. The molecule has 0 fully saturated rings. The van der Waals surface area contributed by atoms with E-state index in [1.165, 1.54) is 0 Å². The molecule has 19 heavy (non-hydrogen) atoms. The van der Waals surface area contributed by atoms with Crippen LogP contribution in [0.1, 0.15) is 37.8 Å². The Balaban J connectivity index is 2.63. The van der Waals surface area contributed by atoms with Crippen LogP contribution in [0.5, 0.6) is 0 Å². The van der Waals surface area contributed by atoms with Gasteiger partial charge in [-0.1, -0.05) is 43.9 Å². The molecule has 0 aliphatic heterocycles. The molecule has 1 aromatic carbocycles. The van der Waals surface area contributed by atoms with Crippen LogP contribution < -0.4 is 5.32 Å². The summed E-state index contributed by atoms with van der Waals surface area (Å²) in [5.74, 6) is 6.34.